The lowest BCUT2D eigenvalue weighted by molar-refractivity contribution is -0.147. The predicted molar refractivity (Wildman–Crippen MR) is 97.5 cm³/mol. The van der Waals surface area contributed by atoms with Crippen LogP contribution in [0.5, 0.6) is 0 Å². The van der Waals surface area contributed by atoms with E-state index in [1.165, 1.54) is 0 Å². The van der Waals surface area contributed by atoms with Crippen molar-refractivity contribution in [3.05, 3.63) is 65.7 Å². The quantitative estimate of drug-likeness (QED) is 0.795. The van der Waals surface area contributed by atoms with Crippen molar-refractivity contribution in [1.29, 1.82) is 0 Å². The Morgan fingerprint density at radius 3 is 2.22 bits per heavy atom. The summed E-state index contributed by atoms with van der Waals surface area (Å²) in [6.45, 7) is 0. The van der Waals surface area contributed by atoms with Gasteiger partial charge in [0, 0.05) is 11.1 Å². The van der Waals surface area contributed by atoms with Crippen LogP contribution < -0.4 is 5.32 Å². The van der Waals surface area contributed by atoms with Crippen LogP contribution in [0.3, 0.4) is 0 Å². The normalized spacial score (nSPS) is 25.9. The van der Waals surface area contributed by atoms with Crippen molar-refractivity contribution in [3.8, 4) is 0 Å². The maximum absolute atomic E-state index is 12.9. The van der Waals surface area contributed by atoms with Gasteiger partial charge in [-0.05, 0) is 25.0 Å². The number of ketones is 1. The van der Waals surface area contributed by atoms with Crippen molar-refractivity contribution < 1.29 is 24.2 Å². The van der Waals surface area contributed by atoms with Crippen LogP contribution in [-0.4, -0.2) is 35.0 Å². The SMILES string of the molecule is O=C(c1ccccc1)c1ccccc1NC(=O)C1C2CCC(O2)C1C(=O)O. The number of nitrogens with one attached hydrogen (secondary N) is 1. The molecule has 2 aromatic carbocycles. The highest BCUT2D eigenvalue weighted by Crippen LogP contribution is 2.44. The predicted octanol–water partition coefficient (Wildman–Crippen LogP) is 2.73. The summed E-state index contributed by atoms with van der Waals surface area (Å²) in [5.41, 5.74) is 1.27. The molecule has 0 radical (unpaired) electrons. The van der Waals surface area contributed by atoms with E-state index in [2.05, 4.69) is 5.32 Å². The standard InChI is InChI=1S/C21H19NO5/c23-19(12-6-2-1-3-7-12)13-8-4-5-9-14(13)22-20(24)17-15-10-11-16(27-15)18(17)21(25)26/h1-9,15-18H,10-11H2,(H,22,24)(H,25,26). The first-order valence-electron chi connectivity index (χ1n) is 8.94. The van der Waals surface area contributed by atoms with E-state index in [4.69, 9.17) is 4.74 Å². The van der Waals surface area contributed by atoms with Gasteiger partial charge in [-0.3, -0.25) is 14.4 Å². The third-order valence-corrected chi connectivity index (χ3v) is 5.33. The molecule has 0 aromatic heterocycles. The maximum Gasteiger partial charge on any atom is 0.310 e. The molecule has 2 aromatic rings. The fourth-order valence-electron chi connectivity index (χ4n) is 4.08. The Morgan fingerprint density at radius 1 is 0.889 bits per heavy atom. The van der Waals surface area contributed by atoms with E-state index < -0.39 is 29.8 Å². The van der Waals surface area contributed by atoms with E-state index in [9.17, 15) is 19.5 Å². The number of hydrogen-bond donors (Lipinski definition) is 2. The largest absolute Gasteiger partial charge is 0.481 e. The number of rotatable bonds is 5. The zero-order valence-electron chi connectivity index (χ0n) is 14.5. The van der Waals surface area contributed by atoms with Crippen molar-refractivity contribution in [2.24, 2.45) is 11.8 Å². The van der Waals surface area contributed by atoms with Gasteiger partial charge in [0.25, 0.3) is 0 Å². The first-order valence-corrected chi connectivity index (χ1v) is 8.94. The Kier molecular flexibility index (Phi) is 4.49. The number of benzene rings is 2. The van der Waals surface area contributed by atoms with E-state index in [1.54, 1.807) is 48.5 Å². The van der Waals surface area contributed by atoms with Gasteiger partial charge in [0.2, 0.25) is 5.91 Å². The van der Waals surface area contributed by atoms with Crippen LogP contribution in [-0.2, 0) is 14.3 Å². The molecule has 2 bridgehead atoms. The Labute approximate surface area is 156 Å². The number of hydrogen-bond acceptors (Lipinski definition) is 4. The van der Waals surface area contributed by atoms with Gasteiger partial charge < -0.3 is 15.2 Å². The van der Waals surface area contributed by atoms with E-state index in [-0.39, 0.29) is 11.9 Å². The first kappa shape index (κ1) is 17.4. The monoisotopic (exact) mass is 365 g/mol. The molecule has 6 heteroatoms. The van der Waals surface area contributed by atoms with Crippen molar-refractivity contribution in [2.45, 2.75) is 25.0 Å². The molecule has 1 amide bonds. The van der Waals surface area contributed by atoms with Gasteiger partial charge in [-0.15, -0.1) is 0 Å². The number of ether oxygens (including phenoxy) is 1. The number of para-hydroxylation sites is 1. The average Bonchev–Trinajstić information content (AvgIpc) is 3.30. The van der Waals surface area contributed by atoms with Crippen molar-refractivity contribution in [1.82, 2.24) is 0 Å². The molecular formula is C21H19NO5. The zero-order chi connectivity index (χ0) is 19.0. The minimum Gasteiger partial charge on any atom is -0.481 e. The Balaban J connectivity index is 1.59. The minimum absolute atomic E-state index is 0.203. The molecule has 2 aliphatic heterocycles. The first-order chi connectivity index (χ1) is 13.1. The number of amides is 1. The van der Waals surface area contributed by atoms with Gasteiger partial charge in [-0.25, -0.2) is 0 Å². The van der Waals surface area contributed by atoms with Crippen molar-refractivity contribution in [2.75, 3.05) is 5.32 Å². The molecule has 2 heterocycles. The summed E-state index contributed by atoms with van der Waals surface area (Å²) >= 11 is 0. The molecular weight excluding hydrogens is 346 g/mol. The molecule has 4 rings (SSSR count). The van der Waals surface area contributed by atoms with Gasteiger partial charge in [0.1, 0.15) is 0 Å². The minimum atomic E-state index is -1.02. The molecule has 2 N–H and O–H groups in total. The van der Waals surface area contributed by atoms with Gasteiger partial charge in [0.15, 0.2) is 5.78 Å². The summed E-state index contributed by atoms with van der Waals surface area (Å²) in [5.74, 6) is -3.23. The van der Waals surface area contributed by atoms with E-state index in [0.717, 1.165) is 0 Å². The van der Waals surface area contributed by atoms with Crippen LogP contribution in [0.2, 0.25) is 0 Å². The summed E-state index contributed by atoms with van der Waals surface area (Å²) < 4.78 is 5.66. The number of anilines is 1. The molecule has 4 unspecified atom stereocenters. The lowest BCUT2D eigenvalue weighted by Crippen LogP contribution is -2.41. The molecule has 2 saturated heterocycles. The lowest BCUT2D eigenvalue weighted by atomic mass is 9.78. The van der Waals surface area contributed by atoms with Gasteiger partial charge in [0.05, 0.1) is 29.7 Å². The van der Waals surface area contributed by atoms with Crippen LogP contribution >= 0.6 is 0 Å². The highest BCUT2D eigenvalue weighted by molar-refractivity contribution is 6.14. The van der Waals surface area contributed by atoms with E-state index >= 15 is 0 Å². The molecule has 0 spiro atoms. The molecule has 4 atom stereocenters. The maximum atomic E-state index is 12.9. The molecule has 6 nitrogen and oxygen atoms in total. The van der Waals surface area contributed by atoms with E-state index in [0.29, 0.717) is 29.7 Å². The van der Waals surface area contributed by atoms with Gasteiger partial charge in [-0.2, -0.15) is 0 Å². The van der Waals surface area contributed by atoms with E-state index in [1.807, 2.05) is 6.07 Å². The molecule has 2 aliphatic rings. The summed E-state index contributed by atoms with van der Waals surface area (Å²) in [6.07, 6.45) is 0.545. The van der Waals surface area contributed by atoms with Crippen LogP contribution in [0, 0.1) is 11.8 Å². The van der Waals surface area contributed by atoms with Crippen LogP contribution in [0.25, 0.3) is 0 Å². The fourth-order valence-corrected chi connectivity index (χ4v) is 4.08. The highest BCUT2D eigenvalue weighted by Gasteiger charge is 2.55. The third-order valence-electron chi connectivity index (χ3n) is 5.33. The van der Waals surface area contributed by atoms with Crippen molar-refractivity contribution >= 4 is 23.3 Å². The number of carbonyl (C=O) groups excluding carboxylic acids is 2. The molecule has 0 saturated carbocycles. The smallest absolute Gasteiger partial charge is 0.310 e. The Bertz CT molecular complexity index is 894. The second-order valence-corrected chi connectivity index (χ2v) is 6.91. The lowest BCUT2D eigenvalue weighted by Gasteiger charge is -2.24. The van der Waals surface area contributed by atoms with Gasteiger partial charge >= 0.3 is 5.97 Å². The van der Waals surface area contributed by atoms with Crippen LogP contribution in [0.1, 0.15) is 28.8 Å². The number of aliphatic carboxylic acids is 1. The van der Waals surface area contributed by atoms with Gasteiger partial charge in [-0.1, -0.05) is 42.5 Å². The third kappa shape index (κ3) is 3.13. The summed E-state index contributed by atoms with van der Waals surface area (Å²) in [5, 5.41) is 12.3. The average molecular weight is 365 g/mol. The Morgan fingerprint density at radius 2 is 1.52 bits per heavy atom. The Hall–Kier alpha value is -2.99. The second-order valence-electron chi connectivity index (χ2n) is 6.91. The highest BCUT2D eigenvalue weighted by atomic mass is 16.5. The topological polar surface area (TPSA) is 92.7 Å². The number of carboxylic acid groups (broad SMARTS) is 1. The number of carbonyl (C=O) groups is 3. The summed E-state index contributed by atoms with van der Waals surface area (Å²) in [7, 11) is 0. The summed E-state index contributed by atoms with van der Waals surface area (Å²) in [4.78, 5) is 37.3. The summed E-state index contributed by atoms with van der Waals surface area (Å²) in [6, 6.07) is 15.6. The number of fused-ring (bicyclic) bond motifs is 2. The second kappa shape index (κ2) is 6.96. The fraction of sp³-hybridized carbons (Fsp3) is 0.286. The molecule has 2 fully saturated rings. The van der Waals surface area contributed by atoms with Crippen LogP contribution in [0.4, 0.5) is 5.69 Å². The van der Waals surface area contributed by atoms with Crippen LogP contribution in [0.15, 0.2) is 54.6 Å². The molecule has 27 heavy (non-hydrogen) atoms. The van der Waals surface area contributed by atoms with Crippen molar-refractivity contribution in [3.63, 3.8) is 0 Å². The zero-order valence-corrected chi connectivity index (χ0v) is 14.5. The molecule has 0 aliphatic carbocycles. The number of carboxylic acids is 1. The molecule has 138 valence electrons.